The van der Waals surface area contributed by atoms with E-state index < -0.39 is 0 Å². The molecule has 1 aliphatic rings. The van der Waals surface area contributed by atoms with Crippen LogP contribution in [-0.4, -0.2) is 68.1 Å². The zero-order valence-electron chi connectivity index (χ0n) is 9.70. The summed E-state index contributed by atoms with van der Waals surface area (Å²) in [5.74, 6) is 0.0807. The third-order valence-corrected chi connectivity index (χ3v) is 2.88. The van der Waals surface area contributed by atoms with Crippen LogP contribution in [0.2, 0.25) is 0 Å². The van der Waals surface area contributed by atoms with Crippen LogP contribution in [0.3, 0.4) is 0 Å². The summed E-state index contributed by atoms with van der Waals surface area (Å²) in [6, 6.07) is 0.529. The molecule has 0 aromatic rings. The lowest BCUT2D eigenvalue weighted by Gasteiger charge is -2.37. The number of hydrogen-bond donors (Lipinski definition) is 2. The van der Waals surface area contributed by atoms with Gasteiger partial charge in [0.25, 0.3) is 0 Å². The number of amides is 1. The lowest BCUT2D eigenvalue weighted by molar-refractivity contribution is -0.122. The molecule has 5 nitrogen and oxygen atoms in total. The van der Waals surface area contributed by atoms with Crippen LogP contribution in [0.5, 0.6) is 0 Å². The number of nitrogens with zero attached hydrogens (tertiary/aromatic N) is 2. The Morgan fingerprint density at radius 2 is 2.27 bits per heavy atom. The van der Waals surface area contributed by atoms with Gasteiger partial charge in [0.15, 0.2) is 0 Å². The summed E-state index contributed by atoms with van der Waals surface area (Å²) in [6.07, 6.45) is 0. The second-order valence-electron chi connectivity index (χ2n) is 4.20. The van der Waals surface area contributed by atoms with Crippen molar-refractivity contribution in [3.8, 4) is 0 Å². The van der Waals surface area contributed by atoms with Gasteiger partial charge < -0.3 is 16.0 Å². The monoisotopic (exact) mass is 214 g/mol. The van der Waals surface area contributed by atoms with Gasteiger partial charge in [-0.1, -0.05) is 0 Å². The Labute approximate surface area is 91.6 Å². The van der Waals surface area contributed by atoms with E-state index in [9.17, 15) is 4.79 Å². The van der Waals surface area contributed by atoms with Crippen LogP contribution in [0.15, 0.2) is 0 Å². The van der Waals surface area contributed by atoms with E-state index in [1.807, 2.05) is 0 Å². The molecule has 1 atom stereocenters. The summed E-state index contributed by atoms with van der Waals surface area (Å²) < 4.78 is 0. The molecule has 88 valence electrons. The predicted molar refractivity (Wildman–Crippen MR) is 60.6 cm³/mol. The highest BCUT2D eigenvalue weighted by atomic mass is 16.2. The molecule has 0 aliphatic carbocycles. The van der Waals surface area contributed by atoms with E-state index in [0.717, 1.165) is 19.6 Å². The molecule has 1 fully saturated rings. The quantitative estimate of drug-likeness (QED) is 0.610. The number of carbonyl (C=O) groups excluding carboxylic acids is 1. The van der Waals surface area contributed by atoms with Crippen molar-refractivity contribution in [1.29, 1.82) is 0 Å². The fraction of sp³-hybridized carbons (Fsp3) is 0.900. The van der Waals surface area contributed by atoms with Crippen molar-refractivity contribution in [3.63, 3.8) is 0 Å². The van der Waals surface area contributed by atoms with Gasteiger partial charge in [0.05, 0.1) is 6.54 Å². The highest BCUT2D eigenvalue weighted by Gasteiger charge is 2.21. The molecule has 5 heteroatoms. The fourth-order valence-electron chi connectivity index (χ4n) is 1.74. The number of nitrogens with one attached hydrogen (secondary N) is 1. The van der Waals surface area contributed by atoms with Crippen molar-refractivity contribution in [2.24, 2.45) is 5.73 Å². The van der Waals surface area contributed by atoms with Crippen molar-refractivity contribution in [1.82, 2.24) is 15.1 Å². The van der Waals surface area contributed by atoms with Crippen LogP contribution in [0.25, 0.3) is 0 Å². The van der Waals surface area contributed by atoms with Gasteiger partial charge in [-0.25, -0.2) is 0 Å². The minimum Gasteiger partial charge on any atom is -0.354 e. The standard InChI is InChI=1S/C10H22N4O/c1-9-7-14(6-5-13(9)2)8-10(15)12-4-3-11/h9H,3-8,11H2,1-2H3,(H,12,15). The Balaban J connectivity index is 2.24. The zero-order chi connectivity index (χ0) is 11.3. The van der Waals surface area contributed by atoms with Crippen LogP contribution in [0.4, 0.5) is 0 Å². The summed E-state index contributed by atoms with van der Waals surface area (Å²) in [6.45, 7) is 6.73. The molecular formula is C10H22N4O. The van der Waals surface area contributed by atoms with Crippen LogP contribution in [0.1, 0.15) is 6.92 Å². The molecule has 1 unspecified atom stereocenters. The van der Waals surface area contributed by atoms with Crippen LogP contribution >= 0.6 is 0 Å². The molecule has 0 saturated carbocycles. The topological polar surface area (TPSA) is 61.6 Å². The SMILES string of the molecule is CC1CN(CC(=O)NCCN)CCN1C. The molecule has 1 aliphatic heterocycles. The second-order valence-corrected chi connectivity index (χ2v) is 4.20. The number of carbonyl (C=O) groups is 1. The van der Waals surface area contributed by atoms with Gasteiger partial charge in [-0.05, 0) is 14.0 Å². The lowest BCUT2D eigenvalue weighted by atomic mass is 10.2. The first-order chi connectivity index (χ1) is 7.13. The lowest BCUT2D eigenvalue weighted by Crippen LogP contribution is -2.52. The Morgan fingerprint density at radius 3 is 2.87 bits per heavy atom. The Hall–Kier alpha value is -0.650. The summed E-state index contributed by atoms with van der Waals surface area (Å²) >= 11 is 0. The van der Waals surface area contributed by atoms with E-state index >= 15 is 0 Å². The largest absolute Gasteiger partial charge is 0.354 e. The maximum atomic E-state index is 11.4. The number of hydrogen-bond acceptors (Lipinski definition) is 4. The molecule has 1 rings (SSSR count). The normalized spacial score (nSPS) is 24.1. The van der Waals surface area contributed by atoms with Crippen molar-refractivity contribution < 1.29 is 4.79 Å². The predicted octanol–water partition coefficient (Wildman–Crippen LogP) is -1.30. The van der Waals surface area contributed by atoms with Gasteiger partial charge >= 0.3 is 0 Å². The molecule has 0 radical (unpaired) electrons. The molecule has 0 bridgehead atoms. The molecule has 0 aromatic heterocycles. The summed E-state index contributed by atoms with van der Waals surface area (Å²) in [5, 5.41) is 2.79. The molecule has 0 spiro atoms. The van der Waals surface area contributed by atoms with Gasteiger partial charge in [0, 0.05) is 38.8 Å². The Bertz CT molecular complexity index is 210. The van der Waals surface area contributed by atoms with Crippen molar-refractivity contribution in [2.45, 2.75) is 13.0 Å². The van der Waals surface area contributed by atoms with Gasteiger partial charge in [0.2, 0.25) is 5.91 Å². The highest BCUT2D eigenvalue weighted by Crippen LogP contribution is 2.05. The highest BCUT2D eigenvalue weighted by molar-refractivity contribution is 5.78. The second kappa shape index (κ2) is 6.05. The van der Waals surface area contributed by atoms with Crippen LogP contribution < -0.4 is 11.1 Å². The first-order valence-electron chi connectivity index (χ1n) is 5.53. The molecule has 1 saturated heterocycles. The van der Waals surface area contributed by atoms with E-state index in [4.69, 9.17) is 5.73 Å². The molecule has 1 heterocycles. The van der Waals surface area contributed by atoms with Crippen LogP contribution in [-0.2, 0) is 4.79 Å². The Kier molecular flexibility index (Phi) is 5.01. The minimum absolute atomic E-state index is 0.0807. The first-order valence-corrected chi connectivity index (χ1v) is 5.53. The van der Waals surface area contributed by atoms with Crippen LogP contribution in [0, 0.1) is 0 Å². The number of nitrogens with two attached hydrogens (primary N) is 1. The van der Waals surface area contributed by atoms with Gasteiger partial charge in [0.1, 0.15) is 0 Å². The maximum absolute atomic E-state index is 11.4. The van der Waals surface area contributed by atoms with Gasteiger partial charge in [-0.15, -0.1) is 0 Å². The zero-order valence-corrected chi connectivity index (χ0v) is 9.70. The molecule has 15 heavy (non-hydrogen) atoms. The fourth-order valence-corrected chi connectivity index (χ4v) is 1.74. The molecule has 0 aromatic carbocycles. The van der Waals surface area contributed by atoms with E-state index in [2.05, 4.69) is 29.1 Å². The smallest absolute Gasteiger partial charge is 0.234 e. The maximum Gasteiger partial charge on any atom is 0.234 e. The third kappa shape index (κ3) is 4.15. The van der Waals surface area contributed by atoms with E-state index in [1.165, 1.54) is 0 Å². The summed E-state index contributed by atoms with van der Waals surface area (Å²) in [4.78, 5) is 15.9. The average molecular weight is 214 g/mol. The Morgan fingerprint density at radius 1 is 1.53 bits per heavy atom. The molecular weight excluding hydrogens is 192 g/mol. The molecule has 1 amide bonds. The average Bonchev–Trinajstić information content (AvgIpc) is 2.20. The minimum atomic E-state index is 0.0807. The van der Waals surface area contributed by atoms with Crippen molar-refractivity contribution in [2.75, 3.05) is 46.3 Å². The third-order valence-electron chi connectivity index (χ3n) is 2.88. The van der Waals surface area contributed by atoms with E-state index in [1.54, 1.807) is 0 Å². The van der Waals surface area contributed by atoms with Gasteiger partial charge in [-0.2, -0.15) is 0 Å². The van der Waals surface area contributed by atoms with E-state index in [0.29, 0.717) is 25.7 Å². The number of rotatable bonds is 4. The number of piperazine rings is 1. The van der Waals surface area contributed by atoms with Crippen molar-refractivity contribution in [3.05, 3.63) is 0 Å². The number of likely N-dealkylation sites (N-methyl/N-ethyl adjacent to an activating group) is 1. The molecule has 3 N–H and O–H groups in total. The summed E-state index contributed by atoms with van der Waals surface area (Å²) in [7, 11) is 2.12. The van der Waals surface area contributed by atoms with Gasteiger partial charge in [-0.3, -0.25) is 9.69 Å². The van der Waals surface area contributed by atoms with E-state index in [-0.39, 0.29) is 5.91 Å². The van der Waals surface area contributed by atoms with Crippen molar-refractivity contribution >= 4 is 5.91 Å². The summed E-state index contributed by atoms with van der Waals surface area (Å²) in [5.41, 5.74) is 5.32. The first kappa shape index (κ1) is 12.4.